The van der Waals surface area contributed by atoms with E-state index in [4.69, 9.17) is 5.73 Å². The third-order valence-corrected chi connectivity index (χ3v) is 1.05. The number of nitrogens with zero attached hydrogens (tertiary/aromatic N) is 2. The van der Waals surface area contributed by atoms with Crippen molar-refractivity contribution in [2.45, 2.75) is 0 Å². The summed E-state index contributed by atoms with van der Waals surface area (Å²) in [4.78, 5) is 3.87. The van der Waals surface area contributed by atoms with Gasteiger partial charge in [-0.2, -0.15) is 5.10 Å². The van der Waals surface area contributed by atoms with Gasteiger partial charge in [0.25, 0.3) is 0 Å². The highest BCUT2D eigenvalue weighted by molar-refractivity contribution is 6.18. The molecule has 4 nitrogen and oxygen atoms in total. The van der Waals surface area contributed by atoms with Crippen LogP contribution in [0.5, 0.6) is 0 Å². The van der Waals surface area contributed by atoms with Crippen LogP contribution in [0.15, 0.2) is 34.6 Å². The molecule has 1 rings (SSSR count). The summed E-state index contributed by atoms with van der Waals surface area (Å²) in [5.41, 5.74) is 8.68. The van der Waals surface area contributed by atoms with Crippen LogP contribution < -0.4 is 11.2 Å². The van der Waals surface area contributed by atoms with Gasteiger partial charge in [-0.3, -0.25) is 5.43 Å². The SMILES string of the molecule is C=C/N=C1/NN=C/C1=C/N. The second kappa shape index (κ2) is 2.82. The molecule has 0 saturated carbocycles. The molecule has 0 saturated heterocycles. The van der Waals surface area contributed by atoms with Gasteiger partial charge in [0.15, 0.2) is 5.84 Å². The lowest BCUT2D eigenvalue weighted by Gasteiger charge is -1.92. The first-order chi connectivity index (χ1) is 4.88. The van der Waals surface area contributed by atoms with Crippen LogP contribution in [0.3, 0.4) is 0 Å². The predicted octanol–water partition coefficient (Wildman–Crippen LogP) is -0.0400. The number of rotatable bonds is 1. The van der Waals surface area contributed by atoms with Gasteiger partial charge in [0, 0.05) is 12.4 Å². The summed E-state index contributed by atoms with van der Waals surface area (Å²) >= 11 is 0. The highest BCUT2D eigenvalue weighted by Gasteiger charge is 2.07. The molecule has 3 N–H and O–H groups in total. The van der Waals surface area contributed by atoms with Crippen LogP contribution in [0, 0.1) is 0 Å². The summed E-state index contributed by atoms with van der Waals surface area (Å²) in [6.45, 7) is 3.44. The molecule has 0 aromatic heterocycles. The number of nitrogens with one attached hydrogen (secondary N) is 1. The van der Waals surface area contributed by atoms with E-state index >= 15 is 0 Å². The number of hydrogen-bond donors (Lipinski definition) is 2. The Balaban J connectivity index is 2.84. The van der Waals surface area contributed by atoms with E-state index in [1.165, 1.54) is 12.4 Å². The molecular formula is C6H8N4. The second-order valence-electron chi connectivity index (χ2n) is 1.65. The molecular weight excluding hydrogens is 128 g/mol. The first-order valence-corrected chi connectivity index (χ1v) is 2.78. The van der Waals surface area contributed by atoms with Crippen LogP contribution in [0.25, 0.3) is 0 Å². The summed E-state index contributed by atoms with van der Waals surface area (Å²) < 4.78 is 0. The molecule has 0 aliphatic carbocycles. The zero-order chi connectivity index (χ0) is 7.40. The summed E-state index contributed by atoms with van der Waals surface area (Å²) in [6, 6.07) is 0. The monoisotopic (exact) mass is 136 g/mol. The summed E-state index contributed by atoms with van der Waals surface area (Å²) in [7, 11) is 0. The van der Waals surface area contributed by atoms with E-state index in [1.807, 2.05) is 0 Å². The molecule has 0 spiro atoms. The fraction of sp³-hybridized carbons (Fsp3) is 0. The summed E-state index contributed by atoms with van der Waals surface area (Å²) in [5, 5.41) is 3.73. The molecule has 10 heavy (non-hydrogen) atoms. The number of hydrogen-bond acceptors (Lipinski definition) is 3. The second-order valence-corrected chi connectivity index (χ2v) is 1.65. The van der Waals surface area contributed by atoms with Crippen LogP contribution in [0.2, 0.25) is 0 Å². The van der Waals surface area contributed by atoms with Gasteiger partial charge in [-0.25, -0.2) is 4.99 Å². The lowest BCUT2D eigenvalue weighted by atomic mass is 10.3. The third-order valence-electron chi connectivity index (χ3n) is 1.05. The van der Waals surface area contributed by atoms with Crippen molar-refractivity contribution in [1.29, 1.82) is 0 Å². The van der Waals surface area contributed by atoms with Gasteiger partial charge < -0.3 is 5.73 Å². The highest BCUT2D eigenvalue weighted by atomic mass is 15.3. The maximum atomic E-state index is 5.25. The molecule has 0 aromatic carbocycles. The number of amidine groups is 1. The maximum absolute atomic E-state index is 5.25. The quantitative estimate of drug-likeness (QED) is 0.531. The van der Waals surface area contributed by atoms with Gasteiger partial charge in [-0.1, -0.05) is 6.58 Å². The van der Waals surface area contributed by atoms with Gasteiger partial charge in [-0.15, -0.1) is 0 Å². The number of hydrazone groups is 1. The lowest BCUT2D eigenvalue weighted by Crippen LogP contribution is -2.13. The third kappa shape index (κ3) is 1.05. The van der Waals surface area contributed by atoms with E-state index < -0.39 is 0 Å². The van der Waals surface area contributed by atoms with Crippen molar-refractivity contribution in [3.8, 4) is 0 Å². The van der Waals surface area contributed by atoms with Gasteiger partial charge in [0.05, 0.1) is 11.8 Å². The minimum atomic E-state index is 0.637. The van der Waals surface area contributed by atoms with E-state index in [-0.39, 0.29) is 0 Å². The molecule has 52 valence electrons. The zero-order valence-electron chi connectivity index (χ0n) is 5.41. The molecule has 1 aliphatic heterocycles. The van der Waals surface area contributed by atoms with E-state index in [0.717, 1.165) is 5.57 Å². The highest BCUT2D eigenvalue weighted by Crippen LogP contribution is 1.96. The molecule has 0 unspecified atom stereocenters. The first-order valence-electron chi connectivity index (χ1n) is 2.78. The van der Waals surface area contributed by atoms with Gasteiger partial charge >= 0.3 is 0 Å². The Labute approximate surface area is 58.8 Å². The van der Waals surface area contributed by atoms with Gasteiger partial charge in [0.2, 0.25) is 0 Å². The summed E-state index contributed by atoms with van der Waals surface area (Å²) in [5.74, 6) is 0.637. The topological polar surface area (TPSA) is 62.8 Å². The largest absolute Gasteiger partial charge is 0.404 e. The molecule has 4 heteroatoms. The first kappa shape index (κ1) is 6.54. The standard InChI is InChI=1S/C6H8N4/c1-2-8-6-5(3-7)4-9-10-6/h2-4H,1,7H2,(H,8,10)/b5-3-. The van der Waals surface area contributed by atoms with Crippen LogP contribution in [0.1, 0.15) is 0 Å². The molecule has 0 aromatic rings. The Bertz CT molecular complexity index is 224. The Morgan fingerprint density at radius 3 is 3.20 bits per heavy atom. The predicted molar refractivity (Wildman–Crippen MR) is 41.5 cm³/mol. The van der Waals surface area contributed by atoms with Crippen LogP contribution >= 0.6 is 0 Å². The van der Waals surface area contributed by atoms with E-state index in [2.05, 4.69) is 22.1 Å². The fourth-order valence-electron chi connectivity index (χ4n) is 0.605. The Kier molecular flexibility index (Phi) is 1.84. The average molecular weight is 136 g/mol. The van der Waals surface area contributed by atoms with E-state index in [9.17, 15) is 0 Å². The van der Waals surface area contributed by atoms with Crippen molar-refractivity contribution in [3.05, 3.63) is 24.6 Å². The maximum Gasteiger partial charge on any atom is 0.156 e. The van der Waals surface area contributed by atoms with E-state index in [1.54, 1.807) is 6.21 Å². The zero-order valence-corrected chi connectivity index (χ0v) is 5.41. The normalized spacial score (nSPS) is 23.6. The number of aliphatic imine (C=N–C) groups is 1. The number of nitrogens with two attached hydrogens (primary N) is 1. The lowest BCUT2D eigenvalue weighted by molar-refractivity contribution is 1.06. The van der Waals surface area contributed by atoms with Crippen molar-refractivity contribution in [3.63, 3.8) is 0 Å². The Morgan fingerprint density at radius 2 is 2.60 bits per heavy atom. The minimum Gasteiger partial charge on any atom is -0.404 e. The van der Waals surface area contributed by atoms with Crippen molar-refractivity contribution in [1.82, 2.24) is 5.43 Å². The smallest absolute Gasteiger partial charge is 0.156 e. The molecule has 1 heterocycles. The van der Waals surface area contributed by atoms with Gasteiger partial charge in [-0.05, 0) is 0 Å². The van der Waals surface area contributed by atoms with Crippen LogP contribution in [-0.2, 0) is 0 Å². The molecule has 0 bridgehead atoms. The molecule has 1 aliphatic rings. The minimum absolute atomic E-state index is 0.637. The van der Waals surface area contributed by atoms with Crippen molar-refractivity contribution in [2.24, 2.45) is 15.8 Å². The van der Waals surface area contributed by atoms with Crippen molar-refractivity contribution in [2.75, 3.05) is 0 Å². The van der Waals surface area contributed by atoms with Crippen LogP contribution in [0.4, 0.5) is 0 Å². The Hall–Kier alpha value is -1.58. The molecule has 0 atom stereocenters. The van der Waals surface area contributed by atoms with Crippen LogP contribution in [-0.4, -0.2) is 12.1 Å². The molecule has 0 fully saturated rings. The van der Waals surface area contributed by atoms with E-state index in [0.29, 0.717) is 5.84 Å². The average Bonchev–Trinajstić information content (AvgIpc) is 2.36. The molecule has 0 radical (unpaired) electrons. The Morgan fingerprint density at radius 1 is 1.80 bits per heavy atom. The van der Waals surface area contributed by atoms with Crippen molar-refractivity contribution < 1.29 is 0 Å². The van der Waals surface area contributed by atoms with Gasteiger partial charge in [0.1, 0.15) is 0 Å². The molecule has 0 amide bonds. The fourth-order valence-corrected chi connectivity index (χ4v) is 0.605. The van der Waals surface area contributed by atoms with Crippen molar-refractivity contribution >= 4 is 12.1 Å². The summed E-state index contributed by atoms with van der Waals surface area (Å²) in [6.07, 6.45) is 4.47.